The first kappa shape index (κ1) is 24.2. The third kappa shape index (κ3) is 13.1. The summed E-state index contributed by atoms with van der Waals surface area (Å²) in [6, 6.07) is 0. The summed E-state index contributed by atoms with van der Waals surface area (Å²) in [6.45, 7) is 2.93. The van der Waals surface area contributed by atoms with Crippen LogP contribution in [0, 0.1) is 5.92 Å². The van der Waals surface area contributed by atoms with Crippen LogP contribution in [0.25, 0.3) is 0 Å². The molecule has 1 aliphatic carbocycles. The normalized spacial score (nSPS) is 14.7. The zero-order chi connectivity index (χ0) is 18.0. The van der Waals surface area contributed by atoms with E-state index in [4.69, 9.17) is 4.74 Å². The summed E-state index contributed by atoms with van der Waals surface area (Å²) >= 11 is 0. The summed E-state index contributed by atoms with van der Waals surface area (Å²) in [6.07, 6.45) is -1.10. The Bertz CT molecular complexity index is 418. The van der Waals surface area contributed by atoms with Gasteiger partial charge in [-0.05, 0) is 32.1 Å². The fourth-order valence-corrected chi connectivity index (χ4v) is 1.88. The molecule has 0 aromatic rings. The van der Waals surface area contributed by atoms with E-state index in [1.54, 1.807) is 0 Å². The van der Waals surface area contributed by atoms with E-state index >= 15 is 0 Å². The first-order valence-electron chi connectivity index (χ1n) is 8.22. The third-order valence-electron chi connectivity index (χ3n) is 3.37. The summed E-state index contributed by atoms with van der Waals surface area (Å²) < 4.78 is 42.2. The van der Waals surface area contributed by atoms with E-state index in [0.717, 1.165) is 26.0 Å². The Morgan fingerprint density at radius 1 is 1.32 bits per heavy atom. The minimum atomic E-state index is -4.41. The average molecular weight is 480 g/mol. The second-order valence-corrected chi connectivity index (χ2v) is 5.86. The largest absolute Gasteiger partial charge is 0.406 e. The highest BCUT2D eigenvalue weighted by Gasteiger charge is 2.31. The van der Waals surface area contributed by atoms with E-state index in [9.17, 15) is 18.0 Å². The monoisotopic (exact) mass is 480 g/mol. The van der Waals surface area contributed by atoms with Crippen LogP contribution >= 0.6 is 24.0 Å². The molecular formula is C15H28F3IN4O2. The predicted molar refractivity (Wildman–Crippen MR) is 101 cm³/mol. The molecule has 0 aromatic carbocycles. The highest BCUT2D eigenvalue weighted by Crippen LogP contribution is 2.28. The number of carbonyl (C=O) groups excluding carboxylic acids is 1. The summed E-state index contributed by atoms with van der Waals surface area (Å²) in [7, 11) is 1.11. The van der Waals surface area contributed by atoms with Crippen molar-refractivity contribution in [1.82, 2.24) is 15.5 Å². The molecule has 10 heteroatoms. The molecule has 0 saturated heterocycles. The number of nitrogens with zero attached hydrogens (tertiary/aromatic N) is 2. The number of hydrogen-bond acceptors (Lipinski definition) is 3. The van der Waals surface area contributed by atoms with Crippen LogP contribution in [0.2, 0.25) is 0 Å². The van der Waals surface area contributed by atoms with Gasteiger partial charge in [0.15, 0.2) is 5.96 Å². The van der Waals surface area contributed by atoms with Gasteiger partial charge in [0, 0.05) is 33.4 Å². The van der Waals surface area contributed by atoms with Crippen molar-refractivity contribution >= 4 is 35.8 Å². The van der Waals surface area contributed by atoms with E-state index in [1.165, 1.54) is 12.8 Å². The minimum absolute atomic E-state index is 0. The average Bonchev–Trinajstić information content (AvgIpc) is 3.30. The molecule has 6 nitrogen and oxygen atoms in total. The third-order valence-corrected chi connectivity index (χ3v) is 3.37. The number of nitrogens with one attached hydrogen (secondary N) is 2. The molecule has 0 radical (unpaired) electrons. The maximum Gasteiger partial charge on any atom is 0.406 e. The fraction of sp³-hybridized carbons (Fsp3) is 0.867. The van der Waals surface area contributed by atoms with Crippen LogP contribution in [0.5, 0.6) is 0 Å². The number of hydrogen-bond donors (Lipinski definition) is 2. The topological polar surface area (TPSA) is 66.0 Å². The van der Waals surface area contributed by atoms with Gasteiger partial charge in [0.2, 0.25) is 5.91 Å². The first-order valence-corrected chi connectivity index (χ1v) is 8.22. The van der Waals surface area contributed by atoms with E-state index in [0.29, 0.717) is 30.6 Å². The molecule has 0 atom stereocenters. The Hall–Kier alpha value is -0.780. The van der Waals surface area contributed by atoms with E-state index in [2.05, 4.69) is 15.6 Å². The van der Waals surface area contributed by atoms with Crippen molar-refractivity contribution in [2.24, 2.45) is 10.9 Å². The molecule has 148 valence electrons. The molecule has 1 amide bonds. The van der Waals surface area contributed by atoms with E-state index in [-0.39, 0.29) is 30.5 Å². The molecule has 1 aliphatic rings. The van der Waals surface area contributed by atoms with Crippen LogP contribution in [0.1, 0.15) is 26.2 Å². The number of amides is 1. The zero-order valence-electron chi connectivity index (χ0n) is 14.7. The maximum atomic E-state index is 12.2. The number of guanidine groups is 1. The first-order chi connectivity index (χ1) is 11.3. The van der Waals surface area contributed by atoms with Crippen LogP contribution in [-0.2, 0) is 9.53 Å². The van der Waals surface area contributed by atoms with Crippen LogP contribution in [0.4, 0.5) is 13.2 Å². The van der Waals surface area contributed by atoms with Gasteiger partial charge in [0.05, 0.1) is 0 Å². The zero-order valence-corrected chi connectivity index (χ0v) is 17.0. The number of alkyl halides is 3. The molecule has 1 fully saturated rings. The molecule has 0 unspecified atom stereocenters. The predicted octanol–water partition coefficient (Wildman–Crippen LogP) is 2.00. The lowest BCUT2D eigenvalue weighted by Gasteiger charge is -2.18. The molecule has 0 heterocycles. The number of carbonyl (C=O) groups is 1. The van der Waals surface area contributed by atoms with Crippen molar-refractivity contribution in [2.45, 2.75) is 32.4 Å². The molecular weight excluding hydrogens is 452 g/mol. The van der Waals surface area contributed by atoms with Gasteiger partial charge in [-0.25, -0.2) is 4.99 Å². The van der Waals surface area contributed by atoms with Crippen molar-refractivity contribution in [2.75, 3.05) is 46.4 Å². The van der Waals surface area contributed by atoms with Crippen molar-refractivity contribution in [3.63, 3.8) is 0 Å². The Labute approximate surface area is 164 Å². The fourth-order valence-electron chi connectivity index (χ4n) is 1.88. The molecule has 1 rings (SSSR count). The molecule has 0 spiro atoms. The van der Waals surface area contributed by atoms with Crippen LogP contribution in [-0.4, -0.2) is 69.4 Å². The number of likely N-dealkylation sites (N-methyl/N-ethyl adjacent to an activating group) is 1. The van der Waals surface area contributed by atoms with Gasteiger partial charge < -0.3 is 20.3 Å². The Morgan fingerprint density at radius 3 is 2.56 bits per heavy atom. The summed E-state index contributed by atoms with van der Waals surface area (Å²) in [5.74, 6) is 0.460. The standard InChI is InChI=1S/C15H27F3N4O2.HI/c1-3-19-14(20-7-4-8-24-10-12-5-6-12)21-9-13(23)22(2)11-15(16,17)18;/h12H,3-11H2,1-2H3,(H2,19,20,21);1H. The number of halogens is 4. The van der Waals surface area contributed by atoms with Crippen LogP contribution in [0.15, 0.2) is 4.99 Å². The Kier molecular flexibility index (Phi) is 12.2. The van der Waals surface area contributed by atoms with Crippen LogP contribution in [0.3, 0.4) is 0 Å². The van der Waals surface area contributed by atoms with Gasteiger partial charge in [0.1, 0.15) is 13.1 Å². The van der Waals surface area contributed by atoms with Crippen molar-refractivity contribution in [3.8, 4) is 0 Å². The van der Waals surface area contributed by atoms with E-state index < -0.39 is 18.6 Å². The Morgan fingerprint density at radius 2 is 2.00 bits per heavy atom. The molecule has 1 saturated carbocycles. The lowest BCUT2D eigenvalue weighted by atomic mass is 10.4. The molecule has 0 aliphatic heterocycles. The summed E-state index contributed by atoms with van der Waals surface area (Å²) in [5.41, 5.74) is 0. The second-order valence-electron chi connectivity index (χ2n) is 5.86. The lowest BCUT2D eigenvalue weighted by molar-refractivity contribution is -0.157. The van der Waals surface area contributed by atoms with Gasteiger partial charge in [-0.1, -0.05) is 0 Å². The van der Waals surface area contributed by atoms with Gasteiger partial charge in [-0.15, -0.1) is 24.0 Å². The summed E-state index contributed by atoms with van der Waals surface area (Å²) in [5, 5.41) is 5.98. The van der Waals surface area contributed by atoms with Gasteiger partial charge >= 0.3 is 6.18 Å². The van der Waals surface area contributed by atoms with Crippen molar-refractivity contribution in [3.05, 3.63) is 0 Å². The molecule has 0 bridgehead atoms. The second kappa shape index (κ2) is 12.6. The van der Waals surface area contributed by atoms with Crippen molar-refractivity contribution in [1.29, 1.82) is 0 Å². The van der Waals surface area contributed by atoms with Crippen LogP contribution < -0.4 is 10.6 Å². The maximum absolute atomic E-state index is 12.2. The molecule has 0 aromatic heterocycles. The number of aliphatic imine (C=N–C) groups is 1. The number of rotatable bonds is 10. The number of ether oxygens (including phenoxy) is 1. The van der Waals surface area contributed by atoms with Gasteiger partial charge in [-0.3, -0.25) is 4.79 Å². The van der Waals surface area contributed by atoms with Crippen molar-refractivity contribution < 1.29 is 22.7 Å². The van der Waals surface area contributed by atoms with Gasteiger partial charge in [0.25, 0.3) is 0 Å². The molecule has 2 N–H and O–H groups in total. The lowest BCUT2D eigenvalue weighted by Crippen LogP contribution is -2.40. The smallest absolute Gasteiger partial charge is 0.381 e. The van der Waals surface area contributed by atoms with Gasteiger partial charge in [-0.2, -0.15) is 13.2 Å². The SMILES string of the molecule is CCNC(=NCC(=O)N(C)CC(F)(F)F)NCCCOCC1CC1.I. The van der Waals surface area contributed by atoms with E-state index in [1.807, 2.05) is 6.92 Å². The highest BCUT2D eigenvalue weighted by atomic mass is 127. The quantitative estimate of drug-likeness (QED) is 0.217. The molecule has 25 heavy (non-hydrogen) atoms. The Balaban J connectivity index is 0.00000576. The minimum Gasteiger partial charge on any atom is -0.381 e. The summed E-state index contributed by atoms with van der Waals surface area (Å²) in [4.78, 5) is 16.3. The highest BCUT2D eigenvalue weighted by molar-refractivity contribution is 14.0.